The highest BCUT2D eigenvalue weighted by molar-refractivity contribution is 5.61. The van der Waals surface area contributed by atoms with Gasteiger partial charge in [-0.05, 0) is 67.1 Å². The number of rotatable bonds is 4. The van der Waals surface area contributed by atoms with Crippen LogP contribution in [0.4, 0.5) is 9.59 Å². The number of hydrogen-bond donors (Lipinski definition) is 1. The molecule has 4 fully saturated rings. The average molecular weight is 565 g/mol. The van der Waals surface area contributed by atoms with E-state index in [1.165, 1.54) is 14.2 Å². The Balaban J connectivity index is 1.41. The van der Waals surface area contributed by atoms with Crippen molar-refractivity contribution in [2.24, 2.45) is 51.8 Å². The van der Waals surface area contributed by atoms with Gasteiger partial charge in [-0.15, -0.1) is 0 Å². The minimum absolute atomic E-state index is 0.0322. The molecule has 1 heterocycles. The van der Waals surface area contributed by atoms with Crippen LogP contribution in [0.1, 0.15) is 73.1 Å². The van der Waals surface area contributed by atoms with Crippen molar-refractivity contribution < 1.29 is 43.1 Å². The Hall–Kier alpha value is -1.84. The molecule has 10 atom stereocenters. The molecular weight excluding hydrogens is 516 g/mol. The maximum absolute atomic E-state index is 12.4. The lowest BCUT2D eigenvalue weighted by molar-refractivity contribution is -0.312. The number of aliphatic hydroxyl groups is 1. The summed E-state index contributed by atoms with van der Waals surface area (Å²) in [5, 5.41) is 12.2. The van der Waals surface area contributed by atoms with Crippen LogP contribution >= 0.6 is 0 Å². The first-order valence-corrected chi connectivity index (χ1v) is 14.9. The summed E-state index contributed by atoms with van der Waals surface area (Å²) < 4.78 is 33.1. The largest absolute Gasteiger partial charge is 0.510 e. The lowest BCUT2D eigenvalue weighted by Crippen LogP contribution is -2.66. The molecule has 0 aromatic heterocycles. The zero-order chi connectivity index (χ0) is 29.1. The molecule has 4 unspecified atom stereocenters. The van der Waals surface area contributed by atoms with Crippen LogP contribution in [0, 0.1) is 51.8 Å². The molecule has 9 heteroatoms. The van der Waals surface area contributed by atoms with Crippen molar-refractivity contribution in [2.75, 3.05) is 27.4 Å². The first kappa shape index (κ1) is 29.6. The number of hydrogen-bond acceptors (Lipinski definition) is 9. The molecule has 1 saturated heterocycles. The van der Waals surface area contributed by atoms with E-state index in [0.29, 0.717) is 31.5 Å². The second kappa shape index (κ2) is 10.5. The average Bonchev–Trinajstić information content (AvgIpc) is 3.26. The summed E-state index contributed by atoms with van der Waals surface area (Å²) in [6.07, 6.45) is 6.50. The van der Waals surface area contributed by atoms with Gasteiger partial charge in [0.05, 0.1) is 33.9 Å². The molecule has 0 bridgehead atoms. The van der Waals surface area contributed by atoms with Crippen LogP contribution < -0.4 is 0 Å². The van der Waals surface area contributed by atoms with Crippen molar-refractivity contribution in [1.29, 1.82) is 0 Å². The summed E-state index contributed by atoms with van der Waals surface area (Å²) in [6.45, 7) is 12.5. The monoisotopic (exact) mass is 564 g/mol. The molecule has 9 nitrogen and oxygen atoms in total. The summed E-state index contributed by atoms with van der Waals surface area (Å²) in [5.41, 5.74) is -0.623. The highest BCUT2D eigenvalue weighted by atomic mass is 16.8. The van der Waals surface area contributed by atoms with Crippen molar-refractivity contribution in [3.05, 3.63) is 12.2 Å². The van der Waals surface area contributed by atoms with E-state index in [9.17, 15) is 14.7 Å². The van der Waals surface area contributed by atoms with E-state index < -0.39 is 29.6 Å². The zero-order valence-corrected chi connectivity index (χ0v) is 25.1. The third-order valence-electron chi connectivity index (χ3n) is 11.6. The molecule has 1 N–H and O–H groups in total. The normalized spacial score (nSPS) is 44.9. The molecule has 40 heavy (non-hydrogen) atoms. The van der Waals surface area contributed by atoms with Gasteiger partial charge in [0.15, 0.2) is 6.29 Å². The maximum Gasteiger partial charge on any atom is 0.510 e. The molecule has 226 valence electrons. The second-order valence-electron chi connectivity index (χ2n) is 14.3. The van der Waals surface area contributed by atoms with Crippen LogP contribution in [-0.2, 0) is 28.4 Å². The fourth-order valence-corrected chi connectivity index (χ4v) is 9.41. The minimum atomic E-state index is -1.87. The van der Waals surface area contributed by atoms with Gasteiger partial charge in [-0.25, -0.2) is 9.59 Å². The van der Waals surface area contributed by atoms with Crippen molar-refractivity contribution in [2.45, 2.75) is 91.3 Å². The number of carbonyl (C=O) groups is 2. The van der Waals surface area contributed by atoms with Gasteiger partial charge in [0.2, 0.25) is 5.79 Å². The van der Waals surface area contributed by atoms with E-state index in [4.69, 9.17) is 28.4 Å². The Morgan fingerprint density at radius 1 is 0.950 bits per heavy atom. The Bertz CT molecular complexity index is 1000. The number of methoxy groups -OCH3 is 2. The second-order valence-corrected chi connectivity index (χ2v) is 14.3. The van der Waals surface area contributed by atoms with Gasteiger partial charge in [0, 0.05) is 16.7 Å². The number of fused-ring (bicyclic) bond motifs is 5. The molecule has 4 aliphatic carbocycles. The van der Waals surface area contributed by atoms with Crippen LogP contribution in [0.15, 0.2) is 12.2 Å². The van der Waals surface area contributed by atoms with E-state index in [-0.39, 0.29) is 47.2 Å². The van der Waals surface area contributed by atoms with E-state index in [2.05, 4.69) is 39.8 Å². The van der Waals surface area contributed by atoms with Crippen LogP contribution in [0.2, 0.25) is 0 Å². The van der Waals surface area contributed by atoms with Crippen LogP contribution in [0.5, 0.6) is 0 Å². The Labute approximate surface area is 238 Å². The van der Waals surface area contributed by atoms with E-state index >= 15 is 0 Å². The van der Waals surface area contributed by atoms with Crippen LogP contribution in [0.25, 0.3) is 0 Å². The maximum atomic E-state index is 12.4. The third kappa shape index (κ3) is 4.74. The molecule has 0 amide bonds. The smallest absolute Gasteiger partial charge is 0.438 e. The van der Waals surface area contributed by atoms with Crippen molar-refractivity contribution in [1.82, 2.24) is 0 Å². The molecule has 0 radical (unpaired) electrons. The molecular formula is C31H48O9. The first-order valence-electron chi connectivity index (χ1n) is 14.9. The summed E-state index contributed by atoms with van der Waals surface area (Å²) in [7, 11) is 2.48. The molecule has 0 spiro atoms. The number of carbonyl (C=O) groups excluding carboxylic acids is 2. The topological polar surface area (TPSA) is 110 Å². The summed E-state index contributed by atoms with van der Waals surface area (Å²) in [6, 6.07) is 0. The molecule has 5 aliphatic rings. The fraction of sp³-hybridized carbons (Fsp3) is 0.871. The highest BCUT2D eigenvalue weighted by Crippen LogP contribution is 2.69. The first-order chi connectivity index (χ1) is 18.8. The zero-order valence-electron chi connectivity index (χ0n) is 25.1. The van der Waals surface area contributed by atoms with E-state index in [0.717, 1.165) is 25.7 Å². The van der Waals surface area contributed by atoms with Gasteiger partial charge in [0.25, 0.3) is 0 Å². The van der Waals surface area contributed by atoms with Crippen LogP contribution in [0.3, 0.4) is 0 Å². The highest BCUT2D eigenvalue weighted by Gasteiger charge is 2.68. The third-order valence-corrected chi connectivity index (χ3v) is 11.6. The fourth-order valence-electron chi connectivity index (χ4n) is 9.41. The van der Waals surface area contributed by atoms with Gasteiger partial charge >= 0.3 is 12.3 Å². The minimum Gasteiger partial charge on any atom is -0.438 e. The van der Waals surface area contributed by atoms with Gasteiger partial charge in [-0.3, -0.25) is 0 Å². The number of allylic oxidation sites excluding steroid dienone is 2. The van der Waals surface area contributed by atoms with Crippen molar-refractivity contribution in [3.63, 3.8) is 0 Å². The van der Waals surface area contributed by atoms with Gasteiger partial charge in [-0.2, -0.15) is 0 Å². The summed E-state index contributed by atoms with van der Waals surface area (Å²) >= 11 is 0. The van der Waals surface area contributed by atoms with E-state index in [1.54, 1.807) is 0 Å². The summed E-state index contributed by atoms with van der Waals surface area (Å²) in [5.74, 6) is -0.521. The Morgan fingerprint density at radius 2 is 1.62 bits per heavy atom. The Kier molecular flexibility index (Phi) is 7.75. The van der Waals surface area contributed by atoms with Crippen LogP contribution in [-0.4, -0.2) is 63.0 Å². The molecule has 3 saturated carbocycles. The standard InChI is InChI=1S/C31H48O9/c1-18(25-37-16-28(2,3)17-38-25)22-10-11-23-21-9-8-19-14-20(39-26(32)35-6)15-31(34,40-27(33)36-7)30(19,5)24(21)12-13-29(22,23)4/h8-9,18-25,34H,10-17H2,1-7H3/t18?,19?,20?,21-,22+,23-,24-,29+,30-,31?/m0/s1. The predicted molar refractivity (Wildman–Crippen MR) is 145 cm³/mol. The molecule has 5 rings (SSSR count). The summed E-state index contributed by atoms with van der Waals surface area (Å²) in [4.78, 5) is 24.3. The molecule has 0 aromatic rings. The quantitative estimate of drug-likeness (QED) is 0.262. The lowest BCUT2D eigenvalue weighted by Gasteiger charge is -2.62. The molecule has 1 aliphatic heterocycles. The van der Waals surface area contributed by atoms with Crippen molar-refractivity contribution in [3.8, 4) is 0 Å². The van der Waals surface area contributed by atoms with Crippen molar-refractivity contribution >= 4 is 12.3 Å². The lowest BCUT2D eigenvalue weighted by atomic mass is 9.44. The SMILES string of the molecule is COC(=O)OC1CC2C=C[C@H]3[C@@H]4CC[C@H](C(C)C5OCC(C)(C)CO5)[C@@]4(C)CC[C@@H]3[C@@]2(C)C(O)(OC(=O)OC)C1. The molecule has 0 aromatic carbocycles. The number of ether oxygens (including phenoxy) is 6. The van der Waals surface area contributed by atoms with E-state index in [1.807, 2.05) is 6.92 Å². The Morgan fingerprint density at radius 3 is 2.27 bits per heavy atom. The van der Waals surface area contributed by atoms with Gasteiger partial charge in [-0.1, -0.05) is 46.8 Å². The van der Waals surface area contributed by atoms with Gasteiger partial charge < -0.3 is 33.5 Å². The predicted octanol–water partition coefficient (Wildman–Crippen LogP) is 5.69. The van der Waals surface area contributed by atoms with Gasteiger partial charge in [0.1, 0.15) is 6.10 Å².